The van der Waals surface area contributed by atoms with Crippen molar-refractivity contribution in [1.29, 1.82) is 0 Å². The molecule has 1 aliphatic rings. The molecular formula is C17H23NO4. The predicted molar refractivity (Wildman–Crippen MR) is 82.0 cm³/mol. The van der Waals surface area contributed by atoms with Gasteiger partial charge in [0.1, 0.15) is 6.61 Å². The maximum Gasteiger partial charge on any atom is 0.320 e. The number of carbonyl (C=O) groups excluding carboxylic acids is 2. The summed E-state index contributed by atoms with van der Waals surface area (Å²) in [5, 5.41) is 0. The third-order valence-corrected chi connectivity index (χ3v) is 3.80. The number of hydrogen-bond donors (Lipinski definition) is 0. The Bertz CT molecular complexity index is 481. The number of nitrogens with zero attached hydrogens (tertiary/aromatic N) is 1. The molecular weight excluding hydrogens is 282 g/mol. The van der Waals surface area contributed by atoms with Crippen molar-refractivity contribution in [3.8, 4) is 0 Å². The standard InChI is InChI=1S/C17H23NO4/c1-2-21-17(20)15-8-10-18(11-9-15)12-16(19)22-13-14-6-4-3-5-7-14/h3-7,15H,2,8-13H2,1H3. The van der Waals surface area contributed by atoms with Crippen LogP contribution in [0.3, 0.4) is 0 Å². The molecule has 1 aliphatic heterocycles. The lowest BCUT2D eigenvalue weighted by Gasteiger charge is -2.29. The average Bonchev–Trinajstić information content (AvgIpc) is 2.55. The lowest BCUT2D eigenvalue weighted by atomic mass is 9.97. The molecule has 5 nitrogen and oxygen atoms in total. The summed E-state index contributed by atoms with van der Waals surface area (Å²) in [6.45, 7) is 4.27. The molecule has 1 aromatic carbocycles. The molecule has 120 valence electrons. The monoisotopic (exact) mass is 305 g/mol. The minimum atomic E-state index is -0.224. The van der Waals surface area contributed by atoms with Crippen LogP contribution in [0, 0.1) is 5.92 Å². The molecule has 0 saturated carbocycles. The fourth-order valence-electron chi connectivity index (χ4n) is 2.55. The zero-order valence-electron chi connectivity index (χ0n) is 13.0. The van der Waals surface area contributed by atoms with Crippen LogP contribution in [0.25, 0.3) is 0 Å². The number of likely N-dealkylation sites (tertiary alicyclic amines) is 1. The van der Waals surface area contributed by atoms with E-state index < -0.39 is 0 Å². The zero-order chi connectivity index (χ0) is 15.8. The summed E-state index contributed by atoms with van der Waals surface area (Å²) in [6, 6.07) is 9.63. The largest absolute Gasteiger partial charge is 0.466 e. The first-order valence-electron chi connectivity index (χ1n) is 7.77. The molecule has 1 fully saturated rings. The number of esters is 2. The van der Waals surface area contributed by atoms with Crippen LogP contribution in [0.15, 0.2) is 30.3 Å². The number of piperidine rings is 1. The molecule has 0 radical (unpaired) electrons. The van der Waals surface area contributed by atoms with Gasteiger partial charge in [0, 0.05) is 0 Å². The van der Waals surface area contributed by atoms with Crippen molar-refractivity contribution >= 4 is 11.9 Å². The second-order valence-corrected chi connectivity index (χ2v) is 5.45. The van der Waals surface area contributed by atoms with Gasteiger partial charge in [0.05, 0.1) is 19.1 Å². The Kier molecular flexibility index (Phi) is 6.40. The number of carbonyl (C=O) groups is 2. The first kappa shape index (κ1) is 16.5. The highest BCUT2D eigenvalue weighted by Gasteiger charge is 2.26. The van der Waals surface area contributed by atoms with Gasteiger partial charge >= 0.3 is 11.9 Å². The topological polar surface area (TPSA) is 55.8 Å². The van der Waals surface area contributed by atoms with E-state index in [-0.39, 0.29) is 24.4 Å². The van der Waals surface area contributed by atoms with Gasteiger partial charge in [-0.25, -0.2) is 0 Å². The highest BCUT2D eigenvalue weighted by atomic mass is 16.5. The van der Waals surface area contributed by atoms with Crippen LogP contribution >= 0.6 is 0 Å². The van der Waals surface area contributed by atoms with Gasteiger partial charge in [-0.05, 0) is 38.4 Å². The first-order chi connectivity index (χ1) is 10.7. The quantitative estimate of drug-likeness (QED) is 0.753. The Labute approximate surface area is 131 Å². The van der Waals surface area contributed by atoms with E-state index >= 15 is 0 Å². The molecule has 22 heavy (non-hydrogen) atoms. The van der Waals surface area contributed by atoms with E-state index in [0.717, 1.165) is 31.5 Å². The van der Waals surface area contributed by atoms with Crippen molar-refractivity contribution in [3.05, 3.63) is 35.9 Å². The molecule has 1 aromatic rings. The maximum absolute atomic E-state index is 11.8. The Hall–Kier alpha value is -1.88. The normalized spacial score (nSPS) is 16.2. The van der Waals surface area contributed by atoms with Gasteiger partial charge in [-0.2, -0.15) is 0 Å². The van der Waals surface area contributed by atoms with Crippen LogP contribution < -0.4 is 0 Å². The number of rotatable bonds is 6. The van der Waals surface area contributed by atoms with Gasteiger partial charge in [-0.3, -0.25) is 14.5 Å². The molecule has 0 atom stereocenters. The van der Waals surface area contributed by atoms with Crippen LogP contribution in [0.4, 0.5) is 0 Å². The lowest BCUT2D eigenvalue weighted by molar-refractivity contribution is -0.150. The molecule has 0 aliphatic carbocycles. The Morgan fingerprint density at radius 2 is 1.82 bits per heavy atom. The van der Waals surface area contributed by atoms with Crippen LogP contribution in [0.5, 0.6) is 0 Å². The molecule has 0 N–H and O–H groups in total. The van der Waals surface area contributed by atoms with E-state index in [9.17, 15) is 9.59 Å². The van der Waals surface area contributed by atoms with E-state index in [2.05, 4.69) is 0 Å². The van der Waals surface area contributed by atoms with E-state index in [1.807, 2.05) is 42.2 Å². The maximum atomic E-state index is 11.8. The highest BCUT2D eigenvalue weighted by molar-refractivity contribution is 5.73. The molecule has 0 aromatic heterocycles. The van der Waals surface area contributed by atoms with E-state index in [1.54, 1.807) is 0 Å². The van der Waals surface area contributed by atoms with Gasteiger partial charge in [0.25, 0.3) is 0 Å². The van der Waals surface area contributed by atoms with Crippen molar-refractivity contribution in [2.75, 3.05) is 26.2 Å². The SMILES string of the molecule is CCOC(=O)C1CCN(CC(=O)OCc2ccccc2)CC1. The lowest BCUT2D eigenvalue weighted by Crippen LogP contribution is -2.40. The Balaban J connectivity index is 1.67. The zero-order valence-corrected chi connectivity index (χ0v) is 13.0. The van der Waals surface area contributed by atoms with Crippen molar-refractivity contribution in [2.24, 2.45) is 5.92 Å². The first-order valence-corrected chi connectivity index (χ1v) is 7.77. The minimum Gasteiger partial charge on any atom is -0.466 e. The van der Waals surface area contributed by atoms with Crippen molar-refractivity contribution in [1.82, 2.24) is 4.90 Å². The summed E-state index contributed by atoms with van der Waals surface area (Å²) in [5.41, 5.74) is 0.983. The van der Waals surface area contributed by atoms with Crippen LogP contribution in [0.1, 0.15) is 25.3 Å². The fraction of sp³-hybridized carbons (Fsp3) is 0.529. The summed E-state index contributed by atoms with van der Waals surface area (Å²) >= 11 is 0. The summed E-state index contributed by atoms with van der Waals surface area (Å²) < 4.78 is 10.3. The van der Waals surface area contributed by atoms with Crippen LogP contribution in [-0.2, 0) is 25.7 Å². The summed E-state index contributed by atoms with van der Waals surface area (Å²) in [7, 11) is 0. The molecule has 1 saturated heterocycles. The summed E-state index contributed by atoms with van der Waals surface area (Å²) in [5.74, 6) is -0.371. The van der Waals surface area contributed by atoms with Crippen molar-refractivity contribution < 1.29 is 19.1 Å². The smallest absolute Gasteiger partial charge is 0.320 e. The van der Waals surface area contributed by atoms with Gasteiger partial charge < -0.3 is 9.47 Å². The van der Waals surface area contributed by atoms with Gasteiger partial charge in [-0.15, -0.1) is 0 Å². The summed E-state index contributed by atoms with van der Waals surface area (Å²) in [4.78, 5) is 25.5. The van der Waals surface area contributed by atoms with Gasteiger partial charge in [0.15, 0.2) is 0 Å². The highest BCUT2D eigenvalue weighted by Crippen LogP contribution is 2.18. The fourth-order valence-corrected chi connectivity index (χ4v) is 2.55. The Morgan fingerprint density at radius 1 is 1.14 bits per heavy atom. The third kappa shape index (κ3) is 5.15. The summed E-state index contributed by atoms with van der Waals surface area (Å²) in [6.07, 6.45) is 1.48. The molecule has 5 heteroatoms. The molecule has 0 amide bonds. The van der Waals surface area contributed by atoms with E-state index in [4.69, 9.17) is 9.47 Å². The molecule has 0 bridgehead atoms. The molecule has 1 heterocycles. The second kappa shape index (κ2) is 8.54. The Morgan fingerprint density at radius 3 is 2.45 bits per heavy atom. The molecule has 0 spiro atoms. The predicted octanol–water partition coefficient (Wildman–Crippen LogP) is 2.00. The van der Waals surface area contributed by atoms with Crippen molar-refractivity contribution in [3.63, 3.8) is 0 Å². The van der Waals surface area contributed by atoms with E-state index in [0.29, 0.717) is 13.2 Å². The molecule has 2 rings (SSSR count). The van der Waals surface area contributed by atoms with Crippen molar-refractivity contribution in [2.45, 2.75) is 26.4 Å². The van der Waals surface area contributed by atoms with Crippen LogP contribution in [-0.4, -0.2) is 43.1 Å². The molecule has 0 unspecified atom stereocenters. The van der Waals surface area contributed by atoms with Gasteiger partial charge in [0.2, 0.25) is 0 Å². The van der Waals surface area contributed by atoms with Gasteiger partial charge in [-0.1, -0.05) is 30.3 Å². The van der Waals surface area contributed by atoms with E-state index in [1.165, 1.54) is 0 Å². The number of ether oxygens (including phenoxy) is 2. The second-order valence-electron chi connectivity index (χ2n) is 5.45. The number of benzene rings is 1. The minimum absolute atomic E-state index is 0.0310. The van der Waals surface area contributed by atoms with Crippen LogP contribution in [0.2, 0.25) is 0 Å². The average molecular weight is 305 g/mol. The third-order valence-electron chi connectivity index (χ3n) is 3.80. The number of hydrogen-bond acceptors (Lipinski definition) is 5.